The summed E-state index contributed by atoms with van der Waals surface area (Å²) >= 11 is 0. The number of rotatable bonds is 2. The predicted molar refractivity (Wildman–Crippen MR) is 102 cm³/mol. The van der Waals surface area contributed by atoms with Gasteiger partial charge in [0.2, 0.25) is 5.78 Å². The summed E-state index contributed by atoms with van der Waals surface area (Å²) in [7, 11) is 0. The average Bonchev–Trinajstić information content (AvgIpc) is 3.09. The molecule has 0 bridgehead atoms. The molecule has 0 radical (unpaired) electrons. The van der Waals surface area contributed by atoms with Crippen molar-refractivity contribution < 1.29 is 0 Å². The van der Waals surface area contributed by atoms with Crippen molar-refractivity contribution in [3.63, 3.8) is 0 Å². The third-order valence-electron chi connectivity index (χ3n) is 4.41. The van der Waals surface area contributed by atoms with Gasteiger partial charge in [-0.1, -0.05) is 60.7 Å². The maximum Gasteiger partial charge on any atom is 0.282 e. The van der Waals surface area contributed by atoms with Crippen LogP contribution in [0.25, 0.3) is 33.8 Å². The van der Waals surface area contributed by atoms with Gasteiger partial charge in [0.15, 0.2) is 5.82 Å². The molecule has 2 heterocycles. The van der Waals surface area contributed by atoms with E-state index >= 15 is 0 Å². The standard InChI is InChI=1S/C21H14N4O/c26-20-17-13-7-8-14-18(17)24-19(15-9-3-1-4-10-15)23-25(21(24)22-20)16-11-5-2-6-12-16/h1-14H. The molecule has 0 aliphatic heterocycles. The molecule has 0 unspecified atom stereocenters. The number of para-hydroxylation sites is 2. The highest BCUT2D eigenvalue weighted by Gasteiger charge is 2.17. The van der Waals surface area contributed by atoms with Crippen LogP contribution < -0.4 is 5.56 Å². The fraction of sp³-hybridized carbons (Fsp3) is 0. The van der Waals surface area contributed by atoms with Gasteiger partial charge in [0.25, 0.3) is 5.56 Å². The lowest BCUT2D eigenvalue weighted by Crippen LogP contribution is -2.12. The molecular formula is C21H14N4O. The van der Waals surface area contributed by atoms with E-state index in [9.17, 15) is 4.79 Å². The van der Waals surface area contributed by atoms with Gasteiger partial charge in [-0.2, -0.15) is 9.67 Å². The maximum absolute atomic E-state index is 12.6. The van der Waals surface area contributed by atoms with E-state index in [1.165, 1.54) is 0 Å². The lowest BCUT2D eigenvalue weighted by atomic mass is 10.2. The van der Waals surface area contributed by atoms with Crippen LogP contribution in [0.2, 0.25) is 0 Å². The normalized spacial score (nSPS) is 11.2. The third-order valence-corrected chi connectivity index (χ3v) is 4.41. The highest BCUT2D eigenvalue weighted by molar-refractivity contribution is 5.82. The van der Waals surface area contributed by atoms with E-state index in [0.717, 1.165) is 22.6 Å². The first-order valence-corrected chi connectivity index (χ1v) is 8.34. The smallest absolute Gasteiger partial charge is 0.267 e. The Hall–Kier alpha value is -3.73. The molecule has 2 aromatic heterocycles. The fourth-order valence-electron chi connectivity index (χ4n) is 3.21. The Morgan fingerprint density at radius 1 is 0.731 bits per heavy atom. The molecule has 0 fully saturated rings. The van der Waals surface area contributed by atoms with Crippen molar-refractivity contribution in [1.29, 1.82) is 0 Å². The van der Waals surface area contributed by atoms with Crippen molar-refractivity contribution in [3.05, 3.63) is 95.3 Å². The second-order valence-electron chi connectivity index (χ2n) is 6.01. The molecule has 0 atom stereocenters. The predicted octanol–water partition coefficient (Wildman–Crippen LogP) is 3.70. The molecule has 26 heavy (non-hydrogen) atoms. The summed E-state index contributed by atoms with van der Waals surface area (Å²) in [6.07, 6.45) is 0. The van der Waals surface area contributed by atoms with Crippen LogP contribution in [0.1, 0.15) is 0 Å². The Morgan fingerprint density at radius 3 is 2.15 bits per heavy atom. The zero-order valence-corrected chi connectivity index (χ0v) is 13.8. The lowest BCUT2D eigenvalue weighted by molar-refractivity contribution is 0.897. The first-order valence-electron chi connectivity index (χ1n) is 8.34. The molecular weight excluding hydrogens is 324 g/mol. The van der Waals surface area contributed by atoms with Gasteiger partial charge >= 0.3 is 0 Å². The Kier molecular flexibility index (Phi) is 3.18. The van der Waals surface area contributed by atoms with Gasteiger partial charge in [0.05, 0.1) is 16.6 Å². The molecule has 5 aromatic rings. The van der Waals surface area contributed by atoms with Gasteiger partial charge in [-0.25, -0.2) is 0 Å². The minimum atomic E-state index is -0.253. The SMILES string of the molecule is O=c1nc2n(-c3ccccc3)nc(-c3ccccc3)n2c2ccccc12. The molecule has 0 N–H and O–H groups in total. The quantitative estimate of drug-likeness (QED) is 0.493. The van der Waals surface area contributed by atoms with E-state index in [-0.39, 0.29) is 5.56 Å². The van der Waals surface area contributed by atoms with Crippen LogP contribution >= 0.6 is 0 Å². The first-order chi connectivity index (χ1) is 12.8. The van der Waals surface area contributed by atoms with E-state index < -0.39 is 0 Å². The van der Waals surface area contributed by atoms with Crippen LogP contribution in [-0.4, -0.2) is 19.2 Å². The molecule has 5 nitrogen and oxygen atoms in total. The molecule has 124 valence electrons. The number of aromatic nitrogens is 4. The Balaban J connectivity index is 1.98. The van der Waals surface area contributed by atoms with Gasteiger partial charge in [-0.05, 0) is 24.3 Å². The van der Waals surface area contributed by atoms with Crippen LogP contribution in [0, 0.1) is 0 Å². The van der Waals surface area contributed by atoms with Gasteiger partial charge in [0, 0.05) is 5.56 Å². The molecule has 0 aliphatic carbocycles. The lowest BCUT2D eigenvalue weighted by Gasteiger charge is -2.04. The van der Waals surface area contributed by atoms with E-state index in [4.69, 9.17) is 5.10 Å². The van der Waals surface area contributed by atoms with Crippen LogP contribution in [0.15, 0.2) is 89.7 Å². The summed E-state index contributed by atoms with van der Waals surface area (Å²) < 4.78 is 3.66. The van der Waals surface area contributed by atoms with Gasteiger partial charge in [-0.15, -0.1) is 5.10 Å². The van der Waals surface area contributed by atoms with Crippen LogP contribution in [-0.2, 0) is 0 Å². The van der Waals surface area contributed by atoms with Crippen LogP contribution in [0.5, 0.6) is 0 Å². The molecule has 5 heteroatoms. The number of hydrogen-bond donors (Lipinski definition) is 0. The van der Waals surface area contributed by atoms with Gasteiger partial charge in [0.1, 0.15) is 0 Å². The number of nitrogens with zero attached hydrogens (tertiary/aromatic N) is 4. The number of benzene rings is 3. The summed E-state index contributed by atoms with van der Waals surface area (Å²) in [5.41, 5.74) is 2.36. The Bertz CT molecular complexity index is 1290. The summed E-state index contributed by atoms with van der Waals surface area (Å²) in [6, 6.07) is 27.1. The van der Waals surface area contributed by atoms with E-state index in [2.05, 4.69) is 4.98 Å². The van der Waals surface area contributed by atoms with E-state index in [0.29, 0.717) is 11.2 Å². The maximum atomic E-state index is 12.6. The zero-order chi connectivity index (χ0) is 17.5. The molecule has 3 aromatic carbocycles. The van der Waals surface area contributed by atoms with Crippen LogP contribution in [0.3, 0.4) is 0 Å². The monoisotopic (exact) mass is 338 g/mol. The number of hydrogen-bond acceptors (Lipinski definition) is 3. The molecule has 0 saturated heterocycles. The summed E-state index contributed by atoms with van der Waals surface area (Å²) in [4.78, 5) is 16.9. The molecule has 0 aliphatic rings. The minimum absolute atomic E-state index is 0.253. The van der Waals surface area contributed by atoms with Crippen molar-refractivity contribution >= 4 is 16.7 Å². The third kappa shape index (κ3) is 2.14. The van der Waals surface area contributed by atoms with Crippen molar-refractivity contribution in [3.8, 4) is 17.1 Å². The zero-order valence-electron chi connectivity index (χ0n) is 13.8. The second kappa shape index (κ2) is 5.67. The highest BCUT2D eigenvalue weighted by Crippen LogP contribution is 2.24. The molecule has 0 saturated carbocycles. The first kappa shape index (κ1) is 14.6. The molecule has 5 rings (SSSR count). The van der Waals surface area contributed by atoms with Gasteiger partial charge < -0.3 is 0 Å². The van der Waals surface area contributed by atoms with Crippen molar-refractivity contribution in [2.75, 3.05) is 0 Å². The van der Waals surface area contributed by atoms with Crippen molar-refractivity contribution in [1.82, 2.24) is 19.2 Å². The van der Waals surface area contributed by atoms with Crippen molar-refractivity contribution in [2.45, 2.75) is 0 Å². The average molecular weight is 338 g/mol. The Labute approximate surface area is 148 Å². The fourth-order valence-corrected chi connectivity index (χ4v) is 3.21. The molecule has 0 spiro atoms. The van der Waals surface area contributed by atoms with Crippen LogP contribution in [0.4, 0.5) is 0 Å². The molecule has 0 amide bonds. The van der Waals surface area contributed by atoms with E-state index in [1.807, 2.05) is 83.3 Å². The summed E-state index contributed by atoms with van der Waals surface area (Å²) in [5.74, 6) is 1.24. The van der Waals surface area contributed by atoms with Crippen molar-refractivity contribution in [2.24, 2.45) is 0 Å². The highest BCUT2D eigenvalue weighted by atomic mass is 16.1. The largest absolute Gasteiger partial charge is 0.282 e. The summed E-state index contributed by atoms with van der Waals surface area (Å²) in [5, 5.41) is 5.38. The second-order valence-corrected chi connectivity index (χ2v) is 6.01. The minimum Gasteiger partial charge on any atom is -0.267 e. The number of fused-ring (bicyclic) bond motifs is 3. The topological polar surface area (TPSA) is 52.2 Å². The van der Waals surface area contributed by atoms with E-state index in [1.54, 1.807) is 10.7 Å². The van der Waals surface area contributed by atoms with Gasteiger partial charge in [-0.3, -0.25) is 9.20 Å². The Morgan fingerprint density at radius 2 is 1.38 bits per heavy atom. The summed E-state index contributed by atoms with van der Waals surface area (Å²) in [6.45, 7) is 0.